The fourth-order valence-electron chi connectivity index (χ4n) is 3.84. The Morgan fingerprint density at radius 3 is 1.71 bits per heavy atom. The van der Waals surface area contributed by atoms with Crippen LogP contribution in [0, 0.1) is 0 Å². The van der Waals surface area contributed by atoms with Gasteiger partial charge in [0.05, 0.1) is 31.8 Å². The van der Waals surface area contributed by atoms with Crippen LogP contribution in [0.1, 0.15) is 16.7 Å². The first kappa shape index (κ1) is 30.2. The van der Waals surface area contributed by atoms with Crippen LogP contribution in [0.15, 0.2) is 84.9 Å². The Balaban J connectivity index is 1.85. The van der Waals surface area contributed by atoms with E-state index in [9.17, 15) is 22.4 Å². The van der Waals surface area contributed by atoms with E-state index in [2.05, 4.69) is 8.83 Å². The van der Waals surface area contributed by atoms with Gasteiger partial charge in [-0.05, 0) is 28.8 Å². The molecule has 2 N–H and O–H groups in total. The molecular formula is C25H30O10P2S. The van der Waals surface area contributed by atoms with Gasteiger partial charge in [0.15, 0.2) is 9.84 Å². The van der Waals surface area contributed by atoms with E-state index in [0.29, 0.717) is 12.4 Å². The van der Waals surface area contributed by atoms with Gasteiger partial charge in [0.2, 0.25) is 0 Å². The SMILES string of the molecule is COc1ccc(C(OCCS(=O)(=O)CCOP(=O)(O)OP(C)(=O)O)(c2ccccc2)c2ccccc2)cc1. The van der Waals surface area contributed by atoms with Crippen molar-refractivity contribution in [3.05, 3.63) is 102 Å². The molecule has 0 amide bonds. The summed E-state index contributed by atoms with van der Waals surface area (Å²) in [7, 11) is -11.5. The van der Waals surface area contributed by atoms with Crippen LogP contribution in [-0.2, 0) is 38.1 Å². The van der Waals surface area contributed by atoms with E-state index in [-0.39, 0.29) is 6.61 Å². The lowest BCUT2D eigenvalue weighted by Crippen LogP contribution is -2.35. The number of ether oxygens (including phenoxy) is 2. The first-order chi connectivity index (χ1) is 17.9. The fourth-order valence-corrected chi connectivity index (χ4v) is 6.88. The lowest BCUT2D eigenvalue weighted by Gasteiger charge is -2.36. The van der Waals surface area contributed by atoms with Crippen molar-refractivity contribution in [2.75, 3.05) is 38.5 Å². The second-order valence-corrected chi connectivity index (χ2v) is 14.1. The average Bonchev–Trinajstić information content (AvgIpc) is 2.86. The van der Waals surface area contributed by atoms with E-state index in [0.717, 1.165) is 16.7 Å². The van der Waals surface area contributed by atoms with Crippen molar-refractivity contribution in [3.63, 3.8) is 0 Å². The van der Waals surface area contributed by atoms with E-state index >= 15 is 0 Å². The summed E-state index contributed by atoms with van der Waals surface area (Å²) in [4.78, 5) is 18.6. The Labute approximate surface area is 222 Å². The normalized spacial score (nSPS) is 15.4. The Bertz CT molecular complexity index is 1340. The van der Waals surface area contributed by atoms with Gasteiger partial charge in [-0.15, -0.1) is 0 Å². The summed E-state index contributed by atoms with van der Waals surface area (Å²) in [5.41, 5.74) is 1.16. The quantitative estimate of drug-likeness (QED) is 0.207. The number of benzene rings is 3. The number of hydrogen-bond donors (Lipinski definition) is 2. The molecule has 0 aliphatic heterocycles. The minimum absolute atomic E-state index is 0.216. The van der Waals surface area contributed by atoms with Gasteiger partial charge in [0, 0.05) is 6.66 Å². The van der Waals surface area contributed by atoms with Crippen molar-refractivity contribution in [1.82, 2.24) is 0 Å². The molecule has 0 spiro atoms. The third-order valence-electron chi connectivity index (χ3n) is 5.47. The summed E-state index contributed by atoms with van der Waals surface area (Å²) in [6.07, 6.45) is 0. The van der Waals surface area contributed by atoms with Crippen molar-refractivity contribution >= 4 is 25.3 Å². The van der Waals surface area contributed by atoms with Crippen molar-refractivity contribution in [2.45, 2.75) is 5.60 Å². The molecule has 0 aliphatic rings. The summed E-state index contributed by atoms with van der Waals surface area (Å²) in [6.45, 7) is -0.217. The zero-order chi connectivity index (χ0) is 27.9. The molecule has 206 valence electrons. The Hall–Kier alpha value is -2.33. The van der Waals surface area contributed by atoms with Crippen molar-refractivity contribution in [1.29, 1.82) is 0 Å². The topological polar surface area (TPSA) is 146 Å². The maximum absolute atomic E-state index is 12.7. The molecule has 13 heteroatoms. The van der Waals surface area contributed by atoms with Crippen molar-refractivity contribution < 1.29 is 45.6 Å². The third kappa shape index (κ3) is 8.33. The molecule has 0 radical (unpaired) electrons. The number of sulfone groups is 1. The van der Waals surface area contributed by atoms with Crippen LogP contribution in [0.4, 0.5) is 0 Å². The molecule has 0 aliphatic carbocycles. The average molecular weight is 585 g/mol. The van der Waals surface area contributed by atoms with Gasteiger partial charge in [-0.1, -0.05) is 72.8 Å². The van der Waals surface area contributed by atoms with Gasteiger partial charge in [0.25, 0.3) is 0 Å². The second kappa shape index (κ2) is 12.7. The highest BCUT2D eigenvalue weighted by molar-refractivity contribution is 7.91. The molecule has 0 saturated carbocycles. The van der Waals surface area contributed by atoms with Crippen molar-refractivity contribution in [2.24, 2.45) is 0 Å². The Morgan fingerprint density at radius 1 is 0.763 bits per heavy atom. The van der Waals surface area contributed by atoms with Crippen molar-refractivity contribution in [3.8, 4) is 5.75 Å². The van der Waals surface area contributed by atoms with Gasteiger partial charge in [-0.25, -0.2) is 17.3 Å². The molecular weight excluding hydrogens is 554 g/mol. The number of methoxy groups -OCH3 is 1. The van der Waals surface area contributed by atoms with Gasteiger partial charge >= 0.3 is 15.4 Å². The van der Waals surface area contributed by atoms with Crippen LogP contribution >= 0.6 is 15.4 Å². The largest absolute Gasteiger partial charge is 0.497 e. The molecule has 0 bridgehead atoms. The Morgan fingerprint density at radius 2 is 1.24 bits per heavy atom. The third-order valence-corrected chi connectivity index (χ3v) is 9.60. The molecule has 0 fully saturated rings. The fraction of sp³-hybridized carbons (Fsp3) is 0.280. The number of phosphoric acid groups is 1. The van der Waals surface area contributed by atoms with E-state index in [1.54, 1.807) is 19.2 Å². The molecule has 2 unspecified atom stereocenters. The lowest BCUT2D eigenvalue weighted by molar-refractivity contribution is 0.0227. The highest BCUT2D eigenvalue weighted by atomic mass is 32.2. The van der Waals surface area contributed by atoms with Crippen LogP contribution in [0.2, 0.25) is 0 Å². The van der Waals surface area contributed by atoms with Crippen LogP contribution in [-0.4, -0.2) is 56.7 Å². The smallest absolute Gasteiger partial charge is 0.479 e. The predicted octanol–water partition coefficient (Wildman–Crippen LogP) is 4.37. The molecule has 3 aromatic carbocycles. The van der Waals surface area contributed by atoms with Gasteiger partial charge in [-0.3, -0.25) is 9.09 Å². The van der Waals surface area contributed by atoms with Crippen LogP contribution in [0.25, 0.3) is 0 Å². The van der Waals surface area contributed by atoms with Gasteiger partial charge in [0.1, 0.15) is 11.4 Å². The van der Waals surface area contributed by atoms with Crippen LogP contribution in [0.3, 0.4) is 0 Å². The highest BCUT2D eigenvalue weighted by Crippen LogP contribution is 2.57. The van der Waals surface area contributed by atoms with Crippen LogP contribution < -0.4 is 4.74 Å². The minimum Gasteiger partial charge on any atom is -0.497 e. The molecule has 3 aromatic rings. The summed E-state index contributed by atoms with van der Waals surface area (Å²) < 4.78 is 68.7. The van der Waals surface area contributed by atoms with E-state index < -0.39 is 49.0 Å². The van der Waals surface area contributed by atoms with Crippen LogP contribution in [0.5, 0.6) is 5.75 Å². The first-order valence-corrected chi connectivity index (χ1v) is 16.8. The summed E-state index contributed by atoms with van der Waals surface area (Å²) in [5.74, 6) is -0.399. The molecule has 3 rings (SSSR count). The highest BCUT2D eigenvalue weighted by Gasteiger charge is 2.38. The molecule has 0 aromatic heterocycles. The maximum atomic E-state index is 12.7. The molecule has 0 heterocycles. The van der Waals surface area contributed by atoms with E-state index in [1.807, 2.05) is 72.8 Å². The summed E-state index contributed by atoms with van der Waals surface area (Å²) in [6, 6.07) is 26.1. The number of rotatable bonds is 14. The Kier molecular flexibility index (Phi) is 10.1. The maximum Gasteiger partial charge on any atom is 0.479 e. The summed E-state index contributed by atoms with van der Waals surface area (Å²) >= 11 is 0. The lowest BCUT2D eigenvalue weighted by atomic mass is 9.80. The van der Waals surface area contributed by atoms with Gasteiger partial charge in [-0.2, -0.15) is 0 Å². The molecule has 10 nitrogen and oxygen atoms in total. The molecule has 0 saturated heterocycles. The summed E-state index contributed by atoms with van der Waals surface area (Å²) in [5, 5.41) is 0. The number of hydrogen-bond acceptors (Lipinski definition) is 8. The minimum atomic E-state index is -4.90. The van der Waals surface area contributed by atoms with E-state index in [1.165, 1.54) is 0 Å². The predicted molar refractivity (Wildman–Crippen MR) is 143 cm³/mol. The number of phosphoric ester groups is 1. The van der Waals surface area contributed by atoms with E-state index in [4.69, 9.17) is 14.4 Å². The standard InChI is InChI=1S/C25H30O10P2S/c1-32-24-15-13-23(14-16-24)25(21-9-5-3-6-10-21,22-11-7-4-8-12-22)33-17-19-38(30,31)20-18-34-37(28,29)35-36(2,26)27/h3-16H,17-20H2,1-2H3,(H,26,27)(H,28,29). The van der Waals surface area contributed by atoms with Gasteiger partial charge < -0.3 is 19.3 Å². The second-order valence-electron chi connectivity index (χ2n) is 8.33. The zero-order valence-electron chi connectivity index (χ0n) is 20.9. The zero-order valence-corrected chi connectivity index (χ0v) is 23.5. The molecule has 38 heavy (non-hydrogen) atoms. The first-order valence-electron chi connectivity index (χ1n) is 11.5. The monoisotopic (exact) mass is 584 g/mol. The molecule has 2 atom stereocenters.